The molecule has 0 fully saturated rings. The SMILES string of the molecule is [B]C([B])(CCO)C(=O)O. The molecular formula is C4H6B2O3. The highest BCUT2D eigenvalue weighted by atomic mass is 16.4. The molecule has 9 heavy (non-hydrogen) atoms. The van der Waals surface area contributed by atoms with Gasteiger partial charge in [0.25, 0.3) is 5.97 Å². The van der Waals surface area contributed by atoms with Gasteiger partial charge in [-0.25, -0.2) is 0 Å². The van der Waals surface area contributed by atoms with E-state index in [4.69, 9.17) is 25.9 Å². The lowest BCUT2D eigenvalue weighted by Crippen LogP contribution is -2.25. The smallest absolute Gasteiger partial charge is 0.292 e. The van der Waals surface area contributed by atoms with E-state index in [0.717, 1.165) is 0 Å². The van der Waals surface area contributed by atoms with Crippen LogP contribution >= 0.6 is 0 Å². The molecule has 0 aromatic rings. The van der Waals surface area contributed by atoms with Crippen LogP contribution in [0.3, 0.4) is 0 Å². The van der Waals surface area contributed by atoms with Crippen LogP contribution in [-0.2, 0) is 4.79 Å². The van der Waals surface area contributed by atoms with Gasteiger partial charge in [0.1, 0.15) is 0 Å². The molecule has 0 aliphatic heterocycles. The summed E-state index contributed by atoms with van der Waals surface area (Å²) in [5, 5.41) is 14.7. The molecule has 0 saturated carbocycles. The van der Waals surface area contributed by atoms with Crippen LogP contribution in [-0.4, -0.2) is 38.5 Å². The van der Waals surface area contributed by atoms with E-state index in [2.05, 4.69) is 0 Å². The summed E-state index contributed by atoms with van der Waals surface area (Å²) in [6.07, 6.45) is -0.137. The molecule has 0 aliphatic rings. The number of rotatable bonds is 3. The molecule has 0 aliphatic carbocycles. The second-order valence-electron chi connectivity index (χ2n) is 1.82. The van der Waals surface area contributed by atoms with E-state index >= 15 is 0 Å². The summed E-state index contributed by atoms with van der Waals surface area (Å²) in [6, 6.07) is 0. The number of aliphatic carboxylic acids is 1. The van der Waals surface area contributed by atoms with Crippen molar-refractivity contribution in [2.24, 2.45) is 0 Å². The number of aliphatic hydroxyl groups is 1. The zero-order chi connectivity index (χ0) is 7.49. The van der Waals surface area contributed by atoms with Crippen molar-refractivity contribution in [1.82, 2.24) is 0 Å². The number of hydrogen-bond acceptors (Lipinski definition) is 2. The van der Waals surface area contributed by atoms with Gasteiger partial charge in [-0.1, -0.05) is 0 Å². The Morgan fingerprint density at radius 1 is 1.56 bits per heavy atom. The zero-order valence-corrected chi connectivity index (χ0v) is 4.87. The predicted molar refractivity (Wildman–Crippen MR) is 33.5 cm³/mol. The van der Waals surface area contributed by atoms with Crippen molar-refractivity contribution in [3.63, 3.8) is 0 Å². The van der Waals surface area contributed by atoms with Gasteiger partial charge >= 0.3 is 0 Å². The molecule has 0 spiro atoms. The zero-order valence-electron chi connectivity index (χ0n) is 4.87. The molecule has 0 aromatic heterocycles. The molecule has 0 bridgehead atoms. The Labute approximate surface area is 55.9 Å². The molecule has 0 saturated heterocycles. The van der Waals surface area contributed by atoms with Gasteiger partial charge < -0.3 is 10.2 Å². The van der Waals surface area contributed by atoms with Crippen LogP contribution in [0, 0.1) is 0 Å². The number of hydrogen-bond donors (Lipinski definition) is 2. The lowest BCUT2D eigenvalue weighted by atomic mass is 9.53. The molecule has 0 amide bonds. The van der Waals surface area contributed by atoms with Crippen molar-refractivity contribution in [2.45, 2.75) is 11.6 Å². The third kappa shape index (κ3) is 2.56. The summed E-state index contributed by atoms with van der Waals surface area (Å²) < 4.78 is 0. The molecule has 0 aromatic carbocycles. The molecule has 0 heterocycles. The number of carboxylic acids is 1. The highest BCUT2D eigenvalue weighted by Crippen LogP contribution is 2.19. The Hall–Kier alpha value is -0.440. The van der Waals surface area contributed by atoms with E-state index in [1.807, 2.05) is 0 Å². The molecule has 5 heteroatoms. The summed E-state index contributed by atoms with van der Waals surface area (Å²) in [7, 11) is 9.98. The van der Waals surface area contributed by atoms with Gasteiger partial charge in [0.2, 0.25) is 0 Å². The Bertz CT molecular complexity index is 112. The third-order valence-electron chi connectivity index (χ3n) is 0.924. The van der Waals surface area contributed by atoms with Crippen molar-refractivity contribution >= 4 is 21.7 Å². The van der Waals surface area contributed by atoms with E-state index in [9.17, 15) is 4.79 Å². The number of carbonyl (C=O) groups is 1. The first-order valence-corrected chi connectivity index (χ1v) is 2.42. The van der Waals surface area contributed by atoms with Crippen LogP contribution in [0.2, 0.25) is 5.21 Å². The van der Waals surface area contributed by atoms with Crippen molar-refractivity contribution in [3.05, 3.63) is 0 Å². The lowest BCUT2D eigenvalue weighted by Gasteiger charge is -2.17. The fourth-order valence-electron chi connectivity index (χ4n) is 0.292. The summed E-state index contributed by atoms with van der Waals surface area (Å²) in [5.41, 5.74) is 0. The Balaban J connectivity index is 3.85. The van der Waals surface area contributed by atoms with E-state index < -0.39 is 11.2 Å². The first-order chi connectivity index (χ1) is 4.00. The fourth-order valence-corrected chi connectivity index (χ4v) is 0.292. The van der Waals surface area contributed by atoms with E-state index in [0.29, 0.717) is 0 Å². The average Bonchev–Trinajstić information content (AvgIpc) is 1.65. The third-order valence-corrected chi connectivity index (χ3v) is 0.924. The fraction of sp³-hybridized carbons (Fsp3) is 0.750. The van der Waals surface area contributed by atoms with Crippen molar-refractivity contribution < 1.29 is 15.0 Å². The largest absolute Gasteiger partial charge is 0.482 e. The van der Waals surface area contributed by atoms with Gasteiger partial charge in [-0.3, -0.25) is 4.79 Å². The quantitative estimate of drug-likeness (QED) is 0.469. The van der Waals surface area contributed by atoms with E-state index in [-0.39, 0.29) is 13.0 Å². The van der Waals surface area contributed by atoms with Gasteiger partial charge in [0, 0.05) is 6.61 Å². The number of carboxylic acid groups (broad SMARTS) is 1. The molecule has 0 rings (SSSR count). The van der Waals surface area contributed by atoms with E-state index in [1.165, 1.54) is 0 Å². The highest BCUT2D eigenvalue weighted by molar-refractivity contribution is 6.49. The Morgan fingerprint density at radius 2 is 2.00 bits per heavy atom. The minimum absolute atomic E-state index is 0.137. The monoisotopic (exact) mass is 124 g/mol. The summed E-state index contributed by atoms with van der Waals surface area (Å²) in [4.78, 5) is 10.0. The maximum atomic E-state index is 10.0. The molecule has 2 N–H and O–H groups in total. The van der Waals surface area contributed by atoms with Gasteiger partial charge in [-0.15, -0.1) is 0 Å². The topological polar surface area (TPSA) is 57.5 Å². The van der Waals surface area contributed by atoms with Gasteiger partial charge in [-0.05, 0) is 11.6 Å². The van der Waals surface area contributed by atoms with Crippen LogP contribution in [0.25, 0.3) is 0 Å². The molecule has 0 atom stereocenters. The molecule has 46 valence electrons. The van der Waals surface area contributed by atoms with Crippen molar-refractivity contribution in [3.8, 4) is 0 Å². The first kappa shape index (κ1) is 8.56. The molecule has 3 nitrogen and oxygen atoms in total. The van der Waals surface area contributed by atoms with E-state index in [1.54, 1.807) is 0 Å². The molecular weight excluding hydrogens is 118 g/mol. The van der Waals surface area contributed by atoms with Crippen LogP contribution in [0.4, 0.5) is 0 Å². The van der Waals surface area contributed by atoms with Gasteiger partial charge in [-0.2, -0.15) is 0 Å². The second kappa shape index (κ2) is 2.92. The van der Waals surface area contributed by atoms with Crippen LogP contribution in [0.5, 0.6) is 0 Å². The van der Waals surface area contributed by atoms with Crippen LogP contribution < -0.4 is 0 Å². The predicted octanol–water partition coefficient (Wildman–Crippen LogP) is -1.09. The normalized spacial score (nSPS) is 11.2. The summed E-state index contributed by atoms with van der Waals surface area (Å²) in [5.74, 6) is -1.31. The molecule has 4 radical (unpaired) electrons. The first-order valence-electron chi connectivity index (χ1n) is 2.42. The Kier molecular flexibility index (Phi) is 2.77. The summed E-state index contributed by atoms with van der Waals surface area (Å²) in [6.45, 7) is -0.320. The van der Waals surface area contributed by atoms with Gasteiger partial charge in [0.05, 0.1) is 15.7 Å². The highest BCUT2D eigenvalue weighted by Gasteiger charge is 2.24. The second-order valence-corrected chi connectivity index (χ2v) is 1.82. The molecule has 0 unspecified atom stereocenters. The maximum Gasteiger partial charge on any atom is 0.292 e. The minimum atomic E-state index is -1.78. The van der Waals surface area contributed by atoms with Gasteiger partial charge in [0.15, 0.2) is 0 Å². The summed E-state index contributed by atoms with van der Waals surface area (Å²) >= 11 is 0. The van der Waals surface area contributed by atoms with Crippen LogP contribution in [0.15, 0.2) is 0 Å². The number of aliphatic hydroxyl groups excluding tert-OH is 1. The standard InChI is InChI=1S/C4H6B2O3/c5-4(6,1-2-7)3(8)9/h7H,1-2H2,(H,8,9). The average molecular weight is 124 g/mol. The van der Waals surface area contributed by atoms with Crippen LogP contribution in [0.1, 0.15) is 6.42 Å². The Morgan fingerprint density at radius 3 is 2.11 bits per heavy atom. The van der Waals surface area contributed by atoms with Crippen molar-refractivity contribution in [1.29, 1.82) is 0 Å². The minimum Gasteiger partial charge on any atom is -0.482 e. The van der Waals surface area contributed by atoms with Crippen molar-refractivity contribution in [2.75, 3.05) is 6.61 Å². The maximum absolute atomic E-state index is 10.0. The lowest BCUT2D eigenvalue weighted by molar-refractivity contribution is -0.138.